The van der Waals surface area contributed by atoms with Crippen molar-refractivity contribution < 1.29 is 14.3 Å². The number of aromatic nitrogens is 4. The summed E-state index contributed by atoms with van der Waals surface area (Å²) in [4.78, 5) is 40.5. The Morgan fingerprint density at radius 3 is 2.48 bits per heavy atom. The Bertz CT molecular complexity index is 1090. The number of esters is 1. The Morgan fingerprint density at radius 2 is 1.81 bits per heavy atom. The van der Waals surface area contributed by atoms with Gasteiger partial charge in [0.05, 0.1) is 25.0 Å². The molecule has 0 unspecified atom stereocenters. The van der Waals surface area contributed by atoms with E-state index in [1.165, 1.54) is 17.9 Å². The van der Waals surface area contributed by atoms with Crippen molar-refractivity contribution in [2.24, 2.45) is 14.1 Å². The lowest BCUT2D eigenvalue weighted by molar-refractivity contribution is 0.0492. The molecule has 1 aromatic carbocycles. The van der Waals surface area contributed by atoms with Gasteiger partial charge in [0.25, 0.3) is 5.56 Å². The molecule has 0 spiro atoms. The third kappa shape index (κ3) is 3.48. The number of carbonyl (C=O) groups excluding carboxylic acids is 1. The summed E-state index contributed by atoms with van der Waals surface area (Å²) < 4.78 is 14.5. The summed E-state index contributed by atoms with van der Waals surface area (Å²) in [5.74, 6) is 0.211. The van der Waals surface area contributed by atoms with Gasteiger partial charge in [-0.1, -0.05) is 0 Å². The lowest BCUT2D eigenvalue weighted by Crippen LogP contribution is -2.37. The number of fused-ring (bicyclic) bond motifs is 1. The van der Waals surface area contributed by atoms with Gasteiger partial charge in [-0.2, -0.15) is 0 Å². The van der Waals surface area contributed by atoms with Crippen LogP contribution in [0.15, 0.2) is 40.2 Å². The highest BCUT2D eigenvalue weighted by Gasteiger charge is 2.14. The first kappa shape index (κ1) is 18.4. The van der Waals surface area contributed by atoms with E-state index in [2.05, 4.69) is 4.98 Å². The normalized spacial score (nSPS) is 10.9. The second-order valence-corrected chi connectivity index (χ2v) is 5.91. The number of imidazole rings is 1. The van der Waals surface area contributed by atoms with Crippen LogP contribution in [-0.4, -0.2) is 37.9 Å². The van der Waals surface area contributed by atoms with E-state index in [-0.39, 0.29) is 18.7 Å². The fourth-order valence-electron chi connectivity index (χ4n) is 2.74. The number of aryl methyl sites for hydroxylation is 1. The van der Waals surface area contributed by atoms with E-state index >= 15 is 0 Å². The summed E-state index contributed by atoms with van der Waals surface area (Å²) >= 11 is 0. The number of hydrogen-bond acceptors (Lipinski definition) is 6. The average Bonchev–Trinajstić information content (AvgIpc) is 3.09. The number of nitrogens with zero attached hydrogens (tertiary/aromatic N) is 4. The standard InChI is InChI=1S/C18H20N4O5/c1-4-26-13-7-5-12(6-8-13)17(24)27-10-9-22-11-19-15-14(22)16(23)21(3)18(25)20(15)2/h5-8,11H,4,9-10H2,1-3H3. The summed E-state index contributed by atoms with van der Waals surface area (Å²) in [5, 5.41) is 0. The van der Waals surface area contributed by atoms with E-state index in [4.69, 9.17) is 9.47 Å². The first-order chi connectivity index (χ1) is 12.9. The van der Waals surface area contributed by atoms with E-state index in [1.807, 2.05) is 6.92 Å². The molecule has 0 fully saturated rings. The molecule has 0 amide bonds. The van der Waals surface area contributed by atoms with E-state index in [0.29, 0.717) is 23.6 Å². The SMILES string of the molecule is CCOc1ccc(C(=O)OCCn2cnc3c2c(=O)n(C)c(=O)n3C)cc1. The summed E-state index contributed by atoms with van der Waals surface area (Å²) in [5.41, 5.74) is 0.105. The van der Waals surface area contributed by atoms with Crippen molar-refractivity contribution in [1.82, 2.24) is 18.7 Å². The predicted octanol–water partition coefficient (Wildman–Crippen LogP) is 0.689. The summed E-state index contributed by atoms with van der Waals surface area (Å²) in [7, 11) is 2.96. The zero-order valence-electron chi connectivity index (χ0n) is 15.3. The minimum atomic E-state index is -0.470. The molecule has 3 rings (SSSR count). The Labute approximate surface area is 154 Å². The third-order valence-electron chi connectivity index (χ3n) is 4.18. The van der Waals surface area contributed by atoms with Crippen LogP contribution in [0.4, 0.5) is 0 Å². The van der Waals surface area contributed by atoms with Crippen LogP contribution in [-0.2, 0) is 25.4 Å². The first-order valence-electron chi connectivity index (χ1n) is 8.45. The minimum absolute atomic E-state index is 0.0590. The van der Waals surface area contributed by atoms with Crippen molar-refractivity contribution in [3.63, 3.8) is 0 Å². The largest absolute Gasteiger partial charge is 0.494 e. The molecule has 2 heterocycles. The van der Waals surface area contributed by atoms with Crippen molar-refractivity contribution in [3.05, 3.63) is 57.0 Å². The van der Waals surface area contributed by atoms with Crippen LogP contribution in [0.25, 0.3) is 11.2 Å². The van der Waals surface area contributed by atoms with Crippen LogP contribution in [0.2, 0.25) is 0 Å². The first-order valence-corrected chi connectivity index (χ1v) is 8.45. The van der Waals surface area contributed by atoms with Crippen LogP contribution in [0, 0.1) is 0 Å². The maximum absolute atomic E-state index is 12.4. The van der Waals surface area contributed by atoms with Gasteiger partial charge in [0.2, 0.25) is 0 Å². The van der Waals surface area contributed by atoms with Crippen molar-refractivity contribution in [1.29, 1.82) is 0 Å². The molecule has 0 aliphatic heterocycles. The second-order valence-electron chi connectivity index (χ2n) is 5.91. The van der Waals surface area contributed by atoms with Crippen molar-refractivity contribution in [2.75, 3.05) is 13.2 Å². The van der Waals surface area contributed by atoms with Crippen molar-refractivity contribution in [2.45, 2.75) is 13.5 Å². The molecular weight excluding hydrogens is 352 g/mol. The molecule has 0 radical (unpaired) electrons. The molecule has 0 saturated heterocycles. The quantitative estimate of drug-likeness (QED) is 0.591. The molecule has 2 aromatic heterocycles. The molecule has 27 heavy (non-hydrogen) atoms. The third-order valence-corrected chi connectivity index (χ3v) is 4.18. The zero-order valence-corrected chi connectivity index (χ0v) is 15.3. The van der Waals surface area contributed by atoms with Gasteiger partial charge in [0.15, 0.2) is 11.2 Å². The van der Waals surface area contributed by atoms with Crippen LogP contribution in [0.1, 0.15) is 17.3 Å². The molecule has 0 N–H and O–H groups in total. The van der Waals surface area contributed by atoms with Gasteiger partial charge in [-0.3, -0.25) is 13.9 Å². The molecule has 0 atom stereocenters. The lowest BCUT2D eigenvalue weighted by atomic mass is 10.2. The number of hydrogen-bond donors (Lipinski definition) is 0. The maximum atomic E-state index is 12.4. The van der Waals surface area contributed by atoms with Gasteiger partial charge < -0.3 is 14.0 Å². The zero-order chi connectivity index (χ0) is 19.6. The van der Waals surface area contributed by atoms with E-state index in [1.54, 1.807) is 35.9 Å². The van der Waals surface area contributed by atoms with Crippen LogP contribution >= 0.6 is 0 Å². The molecule has 3 aromatic rings. The highest BCUT2D eigenvalue weighted by molar-refractivity contribution is 5.89. The number of benzene rings is 1. The van der Waals surface area contributed by atoms with Gasteiger partial charge in [0.1, 0.15) is 12.4 Å². The van der Waals surface area contributed by atoms with Crippen molar-refractivity contribution >= 4 is 17.1 Å². The molecule has 0 aliphatic rings. The van der Waals surface area contributed by atoms with E-state index in [9.17, 15) is 14.4 Å². The fraction of sp³-hybridized carbons (Fsp3) is 0.333. The van der Waals surface area contributed by atoms with Gasteiger partial charge >= 0.3 is 11.7 Å². The minimum Gasteiger partial charge on any atom is -0.494 e. The number of carbonyl (C=O) groups is 1. The van der Waals surface area contributed by atoms with Crippen LogP contribution in [0.3, 0.4) is 0 Å². The smallest absolute Gasteiger partial charge is 0.338 e. The Kier molecular flexibility index (Phi) is 5.11. The van der Waals surface area contributed by atoms with Crippen molar-refractivity contribution in [3.8, 4) is 5.75 Å². The highest BCUT2D eigenvalue weighted by Crippen LogP contribution is 2.13. The van der Waals surface area contributed by atoms with Gasteiger partial charge in [-0.05, 0) is 31.2 Å². The Balaban J connectivity index is 1.71. The van der Waals surface area contributed by atoms with Crippen LogP contribution in [0.5, 0.6) is 5.75 Å². The lowest BCUT2D eigenvalue weighted by Gasteiger charge is -2.08. The maximum Gasteiger partial charge on any atom is 0.338 e. The summed E-state index contributed by atoms with van der Waals surface area (Å²) in [6, 6.07) is 6.66. The van der Waals surface area contributed by atoms with E-state index < -0.39 is 17.2 Å². The summed E-state index contributed by atoms with van der Waals surface area (Å²) in [6.45, 7) is 2.73. The Morgan fingerprint density at radius 1 is 1.11 bits per heavy atom. The fourth-order valence-corrected chi connectivity index (χ4v) is 2.74. The number of rotatable bonds is 6. The molecular formula is C18H20N4O5. The molecule has 0 bridgehead atoms. The molecule has 9 nitrogen and oxygen atoms in total. The highest BCUT2D eigenvalue weighted by atomic mass is 16.5. The molecule has 0 saturated carbocycles. The van der Waals surface area contributed by atoms with Gasteiger partial charge in [0, 0.05) is 14.1 Å². The number of ether oxygens (including phenoxy) is 2. The topological polar surface area (TPSA) is 97.3 Å². The van der Waals surface area contributed by atoms with Gasteiger partial charge in [-0.15, -0.1) is 0 Å². The predicted molar refractivity (Wildman–Crippen MR) is 98.1 cm³/mol. The summed E-state index contributed by atoms with van der Waals surface area (Å²) in [6.07, 6.45) is 1.45. The molecule has 0 aliphatic carbocycles. The van der Waals surface area contributed by atoms with Gasteiger partial charge in [-0.25, -0.2) is 14.6 Å². The monoisotopic (exact) mass is 372 g/mol. The average molecular weight is 372 g/mol. The molecule has 142 valence electrons. The Hall–Kier alpha value is -3.36. The van der Waals surface area contributed by atoms with Crippen LogP contribution < -0.4 is 16.0 Å². The van der Waals surface area contributed by atoms with E-state index in [0.717, 1.165) is 4.57 Å². The second kappa shape index (κ2) is 7.48. The molecule has 9 heteroatoms.